The summed E-state index contributed by atoms with van der Waals surface area (Å²) in [4.78, 5) is 3.95. The Hall–Kier alpha value is -1.07. The van der Waals surface area contributed by atoms with Gasteiger partial charge in [-0.15, -0.1) is 5.10 Å². The second-order valence-electron chi connectivity index (χ2n) is 3.16. The zero-order chi connectivity index (χ0) is 11.5. The normalized spacial score (nSPS) is 10.4. The Morgan fingerprint density at radius 1 is 1.38 bits per heavy atom. The average Bonchev–Trinajstić information content (AvgIpc) is 2.59. The molecule has 2 aromatic rings. The molecule has 0 unspecified atom stereocenters. The van der Waals surface area contributed by atoms with Gasteiger partial charge in [-0.3, -0.25) is 0 Å². The van der Waals surface area contributed by atoms with Crippen LogP contribution in [0, 0.1) is 0 Å². The molecule has 1 aromatic carbocycles. The Morgan fingerprint density at radius 3 is 2.56 bits per heavy atom. The van der Waals surface area contributed by atoms with Crippen molar-refractivity contribution in [3.8, 4) is 5.75 Å². The molecule has 84 valence electrons. The van der Waals surface area contributed by atoms with Crippen LogP contribution in [-0.4, -0.2) is 21.9 Å². The molecule has 0 spiro atoms. The van der Waals surface area contributed by atoms with Gasteiger partial charge in [-0.2, -0.15) is 4.98 Å². The van der Waals surface area contributed by atoms with Crippen molar-refractivity contribution >= 4 is 27.5 Å². The molecular formula is C10H9BrClN3O. The van der Waals surface area contributed by atoms with Crippen molar-refractivity contribution in [3.05, 3.63) is 39.8 Å². The summed E-state index contributed by atoms with van der Waals surface area (Å²) in [6.45, 7) is 0.615. The maximum Gasteiger partial charge on any atom is 0.243 e. The molecule has 0 fully saturated rings. The van der Waals surface area contributed by atoms with E-state index in [1.807, 2.05) is 24.3 Å². The first kappa shape index (κ1) is 11.4. The Morgan fingerprint density at radius 2 is 2.06 bits per heavy atom. The molecule has 0 amide bonds. The van der Waals surface area contributed by atoms with Gasteiger partial charge in [-0.1, -0.05) is 12.1 Å². The highest BCUT2D eigenvalue weighted by atomic mass is 79.9. The number of halogens is 2. The van der Waals surface area contributed by atoms with Gasteiger partial charge in [0.25, 0.3) is 0 Å². The first-order valence-electron chi connectivity index (χ1n) is 4.58. The highest BCUT2D eigenvalue weighted by Crippen LogP contribution is 2.15. The highest BCUT2D eigenvalue weighted by molar-refractivity contribution is 9.10. The standard InChI is InChI=1S/C10H9BrClN3O/c1-16-8-4-2-7(3-5-8)6-15-9(11)13-10(12)14-15/h2-5H,6H2,1H3. The Labute approximate surface area is 106 Å². The largest absolute Gasteiger partial charge is 0.497 e. The topological polar surface area (TPSA) is 39.9 Å². The van der Waals surface area contributed by atoms with Crippen molar-refractivity contribution < 1.29 is 4.74 Å². The molecule has 0 aliphatic heterocycles. The van der Waals surface area contributed by atoms with Gasteiger partial charge in [0.15, 0.2) is 4.73 Å². The monoisotopic (exact) mass is 301 g/mol. The Bertz CT molecular complexity index is 483. The summed E-state index contributed by atoms with van der Waals surface area (Å²) < 4.78 is 7.39. The van der Waals surface area contributed by atoms with Crippen molar-refractivity contribution in [2.24, 2.45) is 0 Å². The van der Waals surface area contributed by atoms with E-state index in [1.54, 1.807) is 11.8 Å². The number of aromatic nitrogens is 3. The average molecular weight is 303 g/mol. The molecule has 0 saturated heterocycles. The van der Waals surface area contributed by atoms with Crippen molar-refractivity contribution in [3.63, 3.8) is 0 Å². The minimum atomic E-state index is 0.236. The van der Waals surface area contributed by atoms with E-state index in [9.17, 15) is 0 Å². The summed E-state index contributed by atoms with van der Waals surface area (Å²) in [5.41, 5.74) is 1.10. The fourth-order valence-electron chi connectivity index (χ4n) is 1.30. The van der Waals surface area contributed by atoms with E-state index >= 15 is 0 Å². The van der Waals surface area contributed by atoms with E-state index in [2.05, 4.69) is 26.0 Å². The number of ether oxygens (including phenoxy) is 1. The molecule has 0 bridgehead atoms. The van der Waals surface area contributed by atoms with Gasteiger partial charge < -0.3 is 4.74 Å². The summed E-state index contributed by atoms with van der Waals surface area (Å²) in [5, 5.41) is 4.28. The molecule has 1 heterocycles. The van der Waals surface area contributed by atoms with Gasteiger partial charge in [0.05, 0.1) is 13.7 Å². The molecule has 0 N–H and O–H groups in total. The number of benzene rings is 1. The predicted octanol–water partition coefficient (Wildman–Crippen LogP) is 2.75. The van der Waals surface area contributed by atoms with Gasteiger partial charge >= 0.3 is 0 Å². The molecule has 1 aromatic heterocycles. The summed E-state index contributed by atoms with van der Waals surface area (Å²) in [5.74, 6) is 0.833. The zero-order valence-corrected chi connectivity index (χ0v) is 10.9. The quantitative estimate of drug-likeness (QED) is 0.875. The molecule has 4 nitrogen and oxygen atoms in total. The van der Waals surface area contributed by atoms with E-state index in [0.29, 0.717) is 11.3 Å². The molecule has 0 saturated carbocycles. The van der Waals surface area contributed by atoms with Crippen LogP contribution in [0.25, 0.3) is 0 Å². The van der Waals surface area contributed by atoms with Crippen LogP contribution in [0.2, 0.25) is 5.28 Å². The Kier molecular flexibility index (Phi) is 3.46. The van der Waals surface area contributed by atoms with Gasteiger partial charge in [-0.25, -0.2) is 4.68 Å². The lowest BCUT2D eigenvalue weighted by Gasteiger charge is -2.04. The third-order valence-corrected chi connectivity index (χ3v) is 2.84. The lowest BCUT2D eigenvalue weighted by Crippen LogP contribution is -2.02. The van der Waals surface area contributed by atoms with E-state index in [4.69, 9.17) is 16.3 Å². The molecular weight excluding hydrogens is 293 g/mol. The van der Waals surface area contributed by atoms with Crippen LogP contribution in [0.15, 0.2) is 29.0 Å². The lowest BCUT2D eigenvalue weighted by atomic mass is 10.2. The summed E-state index contributed by atoms with van der Waals surface area (Å²) in [6.07, 6.45) is 0. The van der Waals surface area contributed by atoms with Crippen LogP contribution in [0.1, 0.15) is 5.56 Å². The second-order valence-corrected chi connectivity index (χ2v) is 4.20. The van der Waals surface area contributed by atoms with Gasteiger partial charge in [0.2, 0.25) is 5.28 Å². The second kappa shape index (κ2) is 4.84. The van der Waals surface area contributed by atoms with Crippen LogP contribution in [0.4, 0.5) is 0 Å². The number of nitrogens with zero attached hydrogens (tertiary/aromatic N) is 3. The summed E-state index contributed by atoms with van der Waals surface area (Å²) in [6, 6.07) is 7.76. The maximum absolute atomic E-state index is 5.69. The van der Waals surface area contributed by atoms with Crippen LogP contribution in [0.3, 0.4) is 0 Å². The molecule has 0 atom stereocenters. The van der Waals surface area contributed by atoms with Gasteiger partial charge in [0, 0.05) is 0 Å². The van der Waals surface area contributed by atoms with E-state index in [0.717, 1.165) is 11.3 Å². The number of hydrogen-bond acceptors (Lipinski definition) is 3. The van der Waals surface area contributed by atoms with Crippen LogP contribution in [0.5, 0.6) is 5.75 Å². The van der Waals surface area contributed by atoms with Crippen molar-refractivity contribution in [1.82, 2.24) is 14.8 Å². The summed E-state index contributed by atoms with van der Waals surface area (Å²) >= 11 is 8.97. The van der Waals surface area contributed by atoms with Gasteiger partial charge in [0.1, 0.15) is 5.75 Å². The van der Waals surface area contributed by atoms with Gasteiger partial charge in [-0.05, 0) is 45.2 Å². The first-order valence-corrected chi connectivity index (χ1v) is 5.75. The van der Waals surface area contributed by atoms with Crippen molar-refractivity contribution in [2.45, 2.75) is 6.54 Å². The first-order chi connectivity index (χ1) is 7.69. The fourth-order valence-corrected chi connectivity index (χ4v) is 1.95. The van der Waals surface area contributed by atoms with Crippen LogP contribution in [-0.2, 0) is 6.54 Å². The molecule has 0 aliphatic carbocycles. The minimum absolute atomic E-state index is 0.236. The van der Waals surface area contributed by atoms with E-state index in [-0.39, 0.29) is 5.28 Å². The Balaban J connectivity index is 2.17. The van der Waals surface area contributed by atoms with Crippen LogP contribution < -0.4 is 4.74 Å². The number of rotatable bonds is 3. The van der Waals surface area contributed by atoms with Crippen molar-refractivity contribution in [2.75, 3.05) is 7.11 Å². The predicted molar refractivity (Wildman–Crippen MR) is 64.8 cm³/mol. The van der Waals surface area contributed by atoms with E-state index < -0.39 is 0 Å². The van der Waals surface area contributed by atoms with Crippen LogP contribution >= 0.6 is 27.5 Å². The molecule has 6 heteroatoms. The molecule has 2 rings (SSSR count). The SMILES string of the molecule is COc1ccc(Cn2nc(Cl)nc2Br)cc1. The zero-order valence-electron chi connectivity index (χ0n) is 8.52. The summed E-state index contributed by atoms with van der Waals surface area (Å²) in [7, 11) is 1.64. The number of hydrogen-bond donors (Lipinski definition) is 0. The minimum Gasteiger partial charge on any atom is -0.497 e. The third kappa shape index (κ3) is 2.54. The number of methoxy groups -OCH3 is 1. The smallest absolute Gasteiger partial charge is 0.243 e. The van der Waals surface area contributed by atoms with Crippen molar-refractivity contribution in [1.29, 1.82) is 0 Å². The molecule has 0 aliphatic rings. The third-order valence-electron chi connectivity index (χ3n) is 2.09. The van der Waals surface area contributed by atoms with E-state index in [1.165, 1.54) is 0 Å². The lowest BCUT2D eigenvalue weighted by molar-refractivity contribution is 0.414. The molecule has 0 radical (unpaired) electrons. The maximum atomic E-state index is 5.69. The highest BCUT2D eigenvalue weighted by Gasteiger charge is 2.05. The molecule has 16 heavy (non-hydrogen) atoms. The fraction of sp³-hybridized carbons (Fsp3) is 0.200.